The van der Waals surface area contributed by atoms with Crippen LogP contribution < -0.4 is 10.5 Å². The van der Waals surface area contributed by atoms with Gasteiger partial charge in [0, 0.05) is 18.0 Å². The first-order valence-electron chi connectivity index (χ1n) is 5.83. The highest BCUT2D eigenvalue weighted by Crippen LogP contribution is 2.27. The van der Waals surface area contributed by atoms with Crippen LogP contribution in [0.5, 0.6) is 5.75 Å². The Hall–Kier alpha value is -1.23. The van der Waals surface area contributed by atoms with E-state index >= 15 is 0 Å². The van der Waals surface area contributed by atoms with E-state index < -0.39 is 0 Å². The summed E-state index contributed by atoms with van der Waals surface area (Å²) in [4.78, 5) is 4.23. The van der Waals surface area contributed by atoms with E-state index in [1.807, 2.05) is 36.4 Å². The molecule has 5 heteroatoms. The van der Waals surface area contributed by atoms with Crippen molar-refractivity contribution in [2.24, 2.45) is 5.73 Å². The third-order valence-electron chi connectivity index (χ3n) is 2.67. The van der Waals surface area contributed by atoms with Gasteiger partial charge in [-0.25, -0.2) is 4.98 Å². The molecule has 0 saturated carbocycles. The van der Waals surface area contributed by atoms with Crippen LogP contribution in [-0.4, -0.2) is 17.8 Å². The number of nitrogens with zero attached hydrogens (tertiary/aromatic N) is 1. The molecule has 0 amide bonds. The number of methoxy groups -OCH3 is 1. The van der Waals surface area contributed by atoms with Crippen LogP contribution in [0.15, 0.2) is 47.6 Å². The summed E-state index contributed by atoms with van der Waals surface area (Å²) in [5, 5.41) is 1.47. The molecule has 1 heterocycles. The van der Waals surface area contributed by atoms with Gasteiger partial charge < -0.3 is 10.5 Å². The lowest BCUT2D eigenvalue weighted by atomic mass is 10.1. The average Bonchev–Trinajstić information content (AvgIpc) is 2.46. The molecule has 0 fully saturated rings. The highest BCUT2D eigenvalue weighted by Gasteiger charge is 2.09. The standard InChI is InChI=1S/C14H15ClN2OS/c1-18-11-6-4-10(5-7-11)13(16)9-19-14-12(15)3-2-8-17-14/h2-8,13H,9,16H2,1H3. The number of hydrogen-bond donors (Lipinski definition) is 1. The number of rotatable bonds is 5. The Kier molecular flexibility index (Phi) is 5.07. The second-order valence-corrected chi connectivity index (χ2v) is 5.40. The van der Waals surface area contributed by atoms with Gasteiger partial charge in [-0.1, -0.05) is 23.7 Å². The third kappa shape index (κ3) is 3.86. The SMILES string of the molecule is COc1ccc(C(N)CSc2ncccc2Cl)cc1. The van der Waals surface area contributed by atoms with Crippen LogP contribution in [0.1, 0.15) is 11.6 Å². The Labute approximate surface area is 122 Å². The lowest BCUT2D eigenvalue weighted by molar-refractivity contribution is 0.414. The van der Waals surface area contributed by atoms with Crippen molar-refractivity contribution in [3.8, 4) is 5.75 Å². The normalized spacial score (nSPS) is 12.2. The molecule has 0 aliphatic heterocycles. The summed E-state index contributed by atoms with van der Waals surface area (Å²) in [5.74, 6) is 1.56. The Morgan fingerprint density at radius 2 is 2.05 bits per heavy atom. The zero-order valence-corrected chi connectivity index (χ0v) is 12.1. The summed E-state index contributed by atoms with van der Waals surface area (Å²) in [5.41, 5.74) is 7.22. The summed E-state index contributed by atoms with van der Waals surface area (Å²) in [7, 11) is 1.65. The lowest BCUT2D eigenvalue weighted by Crippen LogP contribution is -2.12. The molecule has 0 radical (unpaired) electrons. The molecule has 2 aromatic rings. The summed E-state index contributed by atoms with van der Waals surface area (Å²) >= 11 is 7.61. The predicted octanol–water partition coefficient (Wildman–Crippen LogP) is 3.54. The van der Waals surface area contributed by atoms with Crippen LogP contribution in [0.4, 0.5) is 0 Å². The van der Waals surface area contributed by atoms with Gasteiger partial charge in [-0.2, -0.15) is 0 Å². The van der Waals surface area contributed by atoms with Crippen LogP contribution in [0.3, 0.4) is 0 Å². The molecule has 19 heavy (non-hydrogen) atoms. The lowest BCUT2D eigenvalue weighted by Gasteiger charge is -2.12. The molecular formula is C14H15ClN2OS. The summed E-state index contributed by atoms with van der Waals surface area (Å²) < 4.78 is 5.12. The van der Waals surface area contributed by atoms with E-state index in [1.54, 1.807) is 25.1 Å². The van der Waals surface area contributed by atoms with Crippen molar-refractivity contribution < 1.29 is 4.74 Å². The number of pyridine rings is 1. The maximum Gasteiger partial charge on any atom is 0.118 e. The van der Waals surface area contributed by atoms with Gasteiger partial charge in [0.05, 0.1) is 12.1 Å². The Morgan fingerprint density at radius 3 is 2.68 bits per heavy atom. The van der Waals surface area contributed by atoms with Crippen molar-refractivity contribution in [2.75, 3.05) is 12.9 Å². The molecule has 1 atom stereocenters. The van der Waals surface area contributed by atoms with Crippen LogP contribution in [0.25, 0.3) is 0 Å². The number of hydrogen-bond acceptors (Lipinski definition) is 4. The summed E-state index contributed by atoms with van der Waals surface area (Å²) in [6, 6.07) is 11.4. The van der Waals surface area contributed by atoms with E-state index in [4.69, 9.17) is 22.1 Å². The quantitative estimate of drug-likeness (QED) is 0.857. The molecule has 1 unspecified atom stereocenters. The highest BCUT2D eigenvalue weighted by molar-refractivity contribution is 7.99. The predicted molar refractivity (Wildman–Crippen MR) is 79.9 cm³/mol. The van der Waals surface area contributed by atoms with Crippen molar-refractivity contribution in [3.05, 3.63) is 53.2 Å². The molecule has 1 aromatic heterocycles. The summed E-state index contributed by atoms with van der Waals surface area (Å²) in [6.45, 7) is 0. The maximum atomic E-state index is 6.15. The average molecular weight is 295 g/mol. The Balaban J connectivity index is 1.97. The topological polar surface area (TPSA) is 48.1 Å². The van der Waals surface area contributed by atoms with Gasteiger partial charge >= 0.3 is 0 Å². The number of thioether (sulfide) groups is 1. The van der Waals surface area contributed by atoms with Gasteiger partial charge in [0.25, 0.3) is 0 Å². The number of benzene rings is 1. The van der Waals surface area contributed by atoms with Crippen molar-refractivity contribution >= 4 is 23.4 Å². The van der Waals surface area contributed by atoms with Gasteiger partial charge in [0.15, 0.2) is 0 Å². The molecule has 0 saturated heterocycles. The third-order valence-corrected chi connectivity index (χ3v) is 4.21. The molecule has 0 bridgehead atoms. The van der Waals surface area contributed by atoms with Gasteiger partial charge in [-0.3, -0.25) is 0 Å². The number of aromatic nitrogens is 1. The van der Waals surface area contributed by atoms with Gasteiger partial charge in [-0.05, 0) is 29.8 Å². The van der Waals surface area contributed by atoms with Crippen molar-refractivity contribution in [1.29, 1.82) is 0 Å². The molecule has 0 aliphatic rings. The fourth-order valence-electron chi connectivity index (χ4n) is 1.59. The highest BCUT2D eigenvalue weighted by atomic mass is 35.5. The Morgan fingerprint density at radius 1 is 1.32 bits per heavy atom. The first-order chi connectivity index (χ1) is 9.20. The van der Waals surface area contributed by atoms with Gasteiger partial charge in [0.1, 0.15) is 10.8 Å². The molecule has 100 valence electrons. The zero-order chi connectivity index (χ0) is 13.7. The first-order valence-corrected chi connectivity index (χ1v) is 7.20. The number of nitrogens with two attached hydrogens (primary N) is 1. The molecule has 0 spiro atoms. The monoisotopic (exact) mass is 294 g/mol. The molecule has 0 aliphatic carbocycles. The van der Waals surface area contributed by atoms with Gasteiger partial charge in [-0.15, -0.1) is 11.8 Å². The molecule has 1 aromatic carbocycles. The first kappa shape index (κ1) is 14.2. The van der Waals surface area contributed by atoms with E-state index in [9.17, 15) is 0 Å². The zero-order valence-electron chi connectivity index (χ0n) is 10.5. The second kappa shape index (κ2) is 6.80. The van der Waals surface area contributed by atoms with Crippen molar-refractivity contribution in [2.45, 2.75) is 11.1 Å². The smallest absolute Gasteiger partial charge is 0.118 e. The van der Waals surface area contributed by atoms with Crippen LogP contribution in [0, 0.1) is 0 Å². The van der Waals surface area contributed by atoms with Crippen LogP contribution >= 0.6 is 23.4 Å². The molecule has 3 nitrogen and oxygen atoms in total. The molecule has 2 N–H and O–H groups in total. The number of ether oxygens (including phenoxy) is 1. The molecule has 2 rings (SSSR count). The second-order valence-electron chi connectivity index (χ2n) is 3.98. The fourth-order valence-corrected chi connectivity index (χ4v) is 2.75. The van der Waals surface area contributed by atoms with E-state index in [0.29, 0.717) is 5.02 Å². The largest absolute Gasteiger partial charge is 0.497 e. The van der Waals surface area contributed by atoms with Crippen molar-refractivity contribution in [3.63, 3.8) is 0 Å². The van der Waals surface area contributed by atoms with E-state index in [2.05, 4.69) is 4.98 Å². The fraction of sp³-hybridized carbons (Fsp3) is 0.214. The van der Waals surface area contributed by atoms with Crippen LogP contribution in [-0.2, 0) is 0 Å². The van der Waals surface area contributed by atoms with Crippen molar-refractivity contribution in [1.82, 2.24) is 4.98 Å². The minimum absolute atomic E-state index is 0.0611. The summed E-state index contributed by atoms with van der Waals surface area (Å²) in [6.07, 6.45) is 1.73. The van der Waals surface area contributed by atoms with E-state index in [1.165, 1.54) is 0 Å². The van der Waals surface area contributed by atoms with E-state index in [-0.39, 0.29) is 6.04 Å². The van der Waals surface area contributed by atoms with Gasteiger partial charge in [0.2, 0.25) is 0 Å². The minimum Gasteiger partial charge on any atom is -0.497 e. The van der Waals surface area contributed by atoms with Crippen LogP contribution in [0.2, 0.25) is 5.02 Å². The minimum atomic E-state index is -0.0611. The number of halogens is 1. The molecular weight excluding hydrogens is 280 g/mol. The Bertz CT molecular complexity index is 533. The maximum absolute atomic E-state index is 6.15. The van der Waals surface area contributed by atoms with E-state index in [0.717, 1.165) is 22.1 Å².